The topological polar surface area (TPSA) is 33.5 Å². The second-order valence-electron chi connectivity index (χ2n) is 4.11. The molecule has 2 aromatic rings. The number of halogens is 1. The molecule has 0 radical (unpaired) electrons. The number of carbonyl (C=O) groups excluding carboxylic acids is 1. The molecule has 0 aliphatic carbocycles. The molecule has 1 atom stereocenters. The van der Waals surface area contributed by atoms with Crippen LogP contribution in [-0.2, 0) is 0 Å². The highest BCUT2D eigenvalue weighted by molar-refractivity contribution is 6.20. The molecule has 0 bridgehead atoms. The first-order chi connectivity index (χ1) is 8.08. The van der Waals surface area contributed by atoms with E-state index >= 15 is 0 Å². The Morgan fingerprint density at radius 3 is 2.82 bits per heavy atom. The van der Waals surface area contributed by atoms with Crippen molar-refractivity contribution in [3.05, 3.63) is 36.1 Å². The van der Waals surface area contributed by atoms with Crippen LogP contribution in [0.25, 0.3) is 11.0 Å². The summed E-state index contributed by atoms with van der Waals surface area (Å²) in [6, 6.07) is 9.31. The molecule has 0 saturated heterocycles. The summed E-state index contributed by atoms with van der Waals surface area (Å²) >= 11 is 5.86. The summed E-state index contributed by atoms with van der Waals surface area (Å²) in [6.07, 6.45) is 0. The maximum absolute atomic E-state index is 12.0. The molecular weight excluding hydrogens is 238 g/mol. The Balaban J connectivity index is 2.24. The van der Waals surface area contributed by atoms with E-state index < -0.39 is 0 Å². The Labute approximate surface area is 105 Å². The van der Waals surface area contributed by atoms with Gasteiger partial charge >= 0.3 is 0 Å². The van der Waals surface area contributed by atoms with Gasteiger partial charge in [-0.2, -0.15) is 0 Å². The van der Waals surface area contributed by atoms with Gasteiger partial charge in [-0.25, -0.2) is 0 Å². The van der Waals surface area contributed by atoms with Crippen LogP contribution < -0.4 is 0 Å². The Bertz CT molecular complexity index is 500. The number of carbonyl (C=O) groups is 1. The average Bonchev–Trinajstić information content (AvgIpc) is 2.70. The van der Waals surface area contributed by atoms with E-state index in [1.807, 2.05) is 31.2 Å². The third-order valence-corrected chi connectivity index (χ3v) is 2.65. The molecule has 0 aliphatic rings. The molecule has 90 valence electrons. The van der Waals surface area contributed by atoms with Gasteiger partial charge in [0.15, 0.2) is 5.76 Å². The van der Waals surface area contributed by atoms with Crippen molar-refractivity contribution in [2.24, 2.45) is 0 Å². The van der Waals surface area contributed by atoms with Gasteiger partial charge < -0.3 is 9.32 Å². The van der Waals surface area contributed by atoms with Gasteiger partial charge in [-0.15, -0.1) is 11.6 Å². The smallest absolute Gasteiger partial charge is 0.289 e. The highest BCUT2D eigenvalue weighted by atomic mass is 35.5. The summed E-state index contributed by atoms with van der Waals surface area (Å²) < 4.78 is 5.50. The predicted octanol–water partition coefficient (Wildman–Crippen LogP) is 3.13. The predicted molar refractivity (Wildman–Crippen MR) is 68.5 cm³/mol. The van der Waals surface area contributed by atoms with E-state index in [4.69, 9.17) is 16.0 Å². The first kappa shape index (κ1) is 12.0. The third kappa shape index (κ3) is 2.61. The average molecular weight is 252 g/mol. The summed E-state index contributed by atoms with van der Waals surface area (Å²) in [6.45, 7) is 2.35. The SMILES string of the molecule is CC(Cl)CN(C)C(=O)c1cc2ccccc2o1. The van der Waals surface area contributed by atoms with Gasteiger partial charge in [0, 0.05) is 24.4 Å². The lowest BCUT2D eigenvalue weighted by Gasteiger charge is -2.16. The van der Waals surface area contributed by atoms with E-state index in [1.165, 1.54) is 0 Å². The zero-order chi connectivity index (χ0) is 12.4. The van der Waals surface area contributed by atoms with Crippen molar-refractivity contribution in [1.82, 2.24) is 4.90 Å². The zero-order valence-electron chi connectivity index (χ0n) is 9.81. The molecule has 1 amide bonds. The monoisotopic (exact) mass is 251 g/mol. The fourth-order valence-electron chi connectivity index (χ4n) is 1.74. The molecule has 1 aromatic carbocycles. The van der Waals surface area contributed by atoms with Gasteiger partial charge in [0.2, 0.25) is 0 Å². The van der Waals surface area contributed by atoms with Crippen LogP contribution in [0.3, 0.4) is 0 Å². The number of amides is 1. The Morgan fingerprint density at radius 2 is 2.18 bits per heavy atom. The third-order valence-electron chi connectivity index (χ3n) is 2.51. The Morgan fingerprint density at radius 1 is 1.47 bits per heavy atom. The summed E-state index contributed by atoms with van der Waals surface area (Å²) in [5.41, 5.74) is 0.725. The Hall–Kier alpha value is -1.48. The fraction of sp³-hybridized carbons (Fsp3) is 0.308. The molecule has 17 heavy (non-hydrogen) atoms. The quantitative estimate of drug-likeness (QED) is 0.786. The molecule has 3 nitrogen and oxygen atoms in total. The van der Waals surface area contributed by atoms with Crippen molar-refractivity contribution >= 4 is 28.5 Å². The van der Waals surface area contributed by atoms with Crippen LogP contribution in [0, 0.1) is 0 Å². The minimum Gasteiger partial charge on any atom is -0.451 e. The standard InChI is InChI=1S/C13H14ClNO2/c1-9(14)8-15(2)13(16)12-7-10-5-3-4-6-11(10)17-12/h3-7,9H,8H2,1-2H3. The summed E-state index contributed by atoms with van der Waals surface area (Å²) in [7, 11) is 1.72. The number of hydrogen-bond donors (Lipinski definition) is 0. The molecule has 0 spiro atoms. The fourth-order valence-corrected chi connectivity index (χ4v) is 1.94. The number of rotatable bonds is 3. The van der Waals surface area contributed by atoms with Crippen LogP contribution in [0.1, 0.15) is 17.5 Å². The summed E-state index contributed by atoms with van der Waals surface area (Å²) in [4.78, 5) is 13.6. The highest BCUT2D eigenvalue weighted by Gasteiger charge is 2.17. The lowest BCUT2D eigenvalue weighted by molar-refractivity contribution is 0.0767. The number of fused-ring (bicyclic) bond motifs is 1. The number of furan rings is 1. The van der Waals surface area contributed by atoms with Gasteiger partial charge in [-0.1, -0.05) is 18.2 Å². The van der Waals surface area contributed by atoms with Crippen LogP contribution in [-0.4, -0.2) is 29.8 Å². The van der Waals surface area contributed by atoms with Crippen molar-refractivity contribution in [3.8, 4) is 0 Å². The van der Waals surface area contributed by atoms with Gasteiger partial charge in [0.25, 0.3) is 5.91 Å². The van der Waals surface area contributed by atoms with Crippen molar-refractivity contribution < 1.29 is 9.21 Å². The van der Waals surface area contributed by atoms with E-state index in [0.29, 0.717) is 12.3 Å². The van der Waals surface area contributed by atoms with Crippen LogP contribution >= 0.6 is 11.6 Å². The van der Waals surface area contributed by atoms with Gasteiger partial charge in [0.05, 0.1) is 0 Å². The molecule has 0 N–H and O–H groups in total. The zero-order valence-corrected chi connectivity index (χ0v) is 10.6. The summed E-state index contributed by atoms with van der Waals surface area (Å²) in [5, 5.41) is 0.858. The number of benzene rings is 1. The van der Waals surface area contributed by atoms with Crippen molar-refractivity contribution in [1.29, 1.82) is 0 Å². The van der Waals surface area contributed by atoms with Crippen molar-refractivity contribution in [3.63, 3.8) is 0 Å². The minimum absolute atomic E-state index is 0.0756. The summed E-state index contributed by atoms with van der Waals surface area (Å²) in [5.74, 6) is 0.208. The number of hydrogen-bond acceptors (Lipinski definition) is 2. The maximum Gasteiger partial charge on any atom is 0.289 e. The van der Waals surface area contributed by atoms with Crippen LogP contribution in [0.5, 0.6) is 0 Å². The minimum atomic E-state index is -0.145. The van der Waals surface area contributed by atoms with Crippen LogP contribution in [0.2, 0.25) is 0 Å². The number of nitrogens with zero attached hydrogens (tertiary/aromatic N) is 1. The first-order valence-corrected chi connectivity index (χ1v) is 5.89. The normalized spacial score (nSPS) is 12.6. The first-order valence-electron chi connectivity index (χ1n) is 5.46. The van der Waals surface area contributed by atoms with E-state index in [-0.39, 0.29) is 11.3 Å². The molecule has 1 heterocycles. The maximum atomic E-state index is 12.0. The Kier molecular flexibility index (Phi) is 3.38. The lowest BCUT2D eigenvalue weighted by Crippen LogP contribution is -2.31. The van der Waals surface area contributed by atoms with Crippen LogP contribution in [0.4, 0.5) is 0 Å². The van der Waals surface area contributed by atoms with E-state index in [0.717, 1.165) is 11.0 Å². The van der Waals surface area contributed by atoms with Gasteiger partial charge in [0.1, 0.15) is 5.58 Å². The number of para-hydroxylation sites is 1. The highest BCUT2D eigenvalue weighted by Crippen LogP contribution is 2.19. The molecule has 1 aromatic heterocycles. The molecule has 0 fully saturated rings. The second kappa shape index (κ2) is 4.80. The van der Waals surface area contributed by atoms with E-state index in [9.17, 15) is 4.79 Å². The lowest BCUT2D eigenvalue weighted by atomic mass is 10.2. The second-order valence-corrected chi connectivity index (χ2v) is 4.86. The van der Waals surface area contributed by atoms with Gasteiger partial charge in [-0.05, 0) is 19.1 Å². The van der Waals surface area contributed by atoms with Crippen LogP contribution in [0.15, 0.2) is 34.7 Å². The molecule has 0 saturated carbocycles. The molecule has 4 heteroatoms. The van der Waals surface area contributed by atoms with E-state index in [1.54, 1.807) is 18.0 Å². The van der Waals surface area contributed by atoms with E-state index in [2.05, 4.69) is 0 Å². The molecule has 2 rings (SSSR count). The largest absolute Gasteiger partial charge is 0.451 e. The van der Waals surface area contributed by atoms with Crippen molar-refractivity contribution in [2.75, 3.05) is 13.6 Å². The molecule has 1 unspecified atom stereocenters. The van der Waals surface area contributed by atoms with Gasteiger partial charge in [-0.3, -0.25) is 4.79 Å². The number of alkyl halides is 1. The molecular formula is C13H14ClNO2. The van der Waals surface area contributed by atoms with Crippen molar-refractivity contribution in [2.45, 2.75) is 12.3 Å². The molecule has 0 aliphatic heterocycles.